The van der Waals surface area contributed by atoms with E-state index in [1.54, 1.807) is 6.92 Å². The normalized spacial score (nSPS) is 9.86. The first-order valence-corrected chi connectivity index (χ1v) is 4.39. The smallest absolute Gasteiger partial charge is 0.339 e. The highest BCUT2D eigenvalue weighted by molar-refractivity contribution is 6.35. The average Bonchev–Trinajstić information content (AvgIpc) is 2.13. The molecule has 1 aromatic carbocycles. The number of nitrogen functional groups attached to an aromatic ring is 1. The third kappa shape index (κ3) is 1.90. The number of hydrogen-bond donors (Lipinski definition) is 2. The quantitative estimate of drug-likeness (QED) is 0.757. The van der Waals surface area contributed by atoms with E-state index in [9.17, 15) is 4.79 Å². The van der Waals surface area contributed by atoms with Crippen molar-refractivity contribution in [1.29, 1.82) is 0 Å². The molecule has 0 atom stereocenters. The number of ether oxygens (including phenoxy) is 1. The van der Waals surface area contributed by atoms with Gasteiger partial charge < -0.3 is 15.6 Å². The van der Waals surface area contributed by atoms with E-state index in [2.05, 4.69) is 0 Å². The first-order chi connectivity index (χ1) is 6.57. The summed E-state index contributed by atoms with van der Waals surface area (Å²) in [5.41, 5.74) is 5.84. The molecule has 3 N–H and O–H groups in total. The minimum Gasteiger partial charge on any atom is -0.491 e. The van der Waals surface area contributed by atoms with Crippen LogP contribution in [0.1, 0.15) is 17.3 Å². The van der Waals surface area contributed by atoms with Crippen molar-refractivity contribution < 1.29 is 14.6 Å². The van der Waals surface area contributed by atoms with Gasteiger partial charge in [-0.2, -0.15) is 0 Å². The highest BCUT2D eigenvalue weighted by Gasteiger charge is 2.16. The standard InChI is InChI=1S/C9H10ClNO3/c1-2-14-8-5(9(12)13)3-4-6(11)7(8)10/h3-4H,2,11H2,1H3,(H,12,13). The lowest BCUT2D eigenvalue weighted by molar-refractivity contribution is 0.0692. The first kappa shape index (κ1) is 10.7. The van der Waals surface area contributed by atoms with E-state index in [0.29, 0.717) is 12.3 Å². The van der Waals surface area contributed by atoms with E-state index < -0.39 is 5.97 Å². The zero-order valence-electron chi connectivity index (χ0n) is 7.58. The summed E-state index contributed by atoms with van der Waals surface area (Å²) in [7, 11) is 0. The van der Waals surface area contributed by atoms with E-state index in [1.165, 1.54) is 12.1 Å². The Hall–Kier alpha value is -1.42. The Kier molecular flexibility index (Phi) is 3.19. The van der Waals surface area contributed by atoms with Crippen molar-refractivity contribution in [2.45, 2.75) is 6.92 Å². The summed E-state index contributed by atoms with van der Waals surface area (Å²) in [4.78, 5) is 10.8. The molecule has 0 unspecified atom stereocenters. The number of nitrogens with two attached hydrogens (primary N) is 1. The molecule has 0 aliphatic rings. The Bertz CT molecular complexity index is 365. The van der Waals surface area contributed by atoms with Crippen LogP contribution < -0.4 is 10.5 Å². The summed E-state index contributed by atoms with van der Waals surface area (Å²) in [6.45, 7) is 2.08. The zero-order valence-corrected chi connectivity index (χ0v) is 8.34. The number of halogens is 1. The van der Waals surface area contributed by atoms with E-state index in [1.807, 2.05) is 0 Å². The van der Waals surface area contributed by atoms with Crippen LogP contribution >= 0.6 is 11.6 Å². The maximum atomic E-state index is 10.8. The van der Waals surface area contributed by atoms with Gasteiger partial charge in [0.25, 0.3) is 0 Å². The van der Waals surface area contributed by atoms with Crippen LogP contribution in [-0.4, -0.2) is 17.7 Å². The maximum Gasteiger partial charge on any atom is 0.339 e. The fraction of sp³-hybridized carbons (Fsp3) is 0.222. The summed E-state index contributed by atoms with van der Waals surface area (Å²) in [5, 5.41) is 8.97. The molecule has 14 heavy (non-hydrogen) atoms. The third-order valence-corrected chi connectivity index (χ3v) is 2.04. The lowest BCUT2D eigenvalue weighted by Gasteiger charge is -2.10. The van der Waals surface area contributed by atoms with Gasteiger partial charge in [0.1, 0.15) is 10.6 Å². The minimum absolute atomic E-state index is 0.0195. The lowest BCUT2D eigenvalue weighted by Crippen LogP contribution is -2.04. The lowest BCUT2D eigenvalue weighted by atomic mass is 10.2. The highest BCUT2D eigenvalue weighted by atomic mass is 35.5. The Morgan fingerprint density at radius 1 is 1.64 bits per heavy atom. The van der Waals surface area contributed by atoms with Crippen molar-refractivity contribution in [1.82, 2.24) is 0 Å². The van der Waals surface area contributed by atoms with E-state index in [-0.39, 0.29) is 16.3 Å². The summed E-state index contributed by atoms with van der Waals surface area (Å²) in [6.07, 6.45) is 0. The zero-order chi connectivity index (χ0) is 10.7. The molecule has 76 valence electrons. The molecule has 0 fully saturated rings. The topological polar surface area (TPSA) is 72.5 Å². The van der Waals surface area contributed by atoms with Crippen molar-refractivity contribution in [3.05, 3.63) is 22.7 Å². The molecule has 0 aliphatic carbocycles. The van der Waals surface area contributed by atoms with E-state index in [4.69, 9.17) is 27.2 Å². The molecule has 5 heteroatoms. The number of carbonyl (C=O) groups is 1. The molecule has 0 heterocycles. The van der Waals surface area contributed by atoms with Gasteiger partial charge in [0.05, 0.1) is 12.3 Å². The fourth-order valence-corrected chi connectivity index (χ4v) is 1.24. The minimum atomic E-state index is -1.09. The Morgan fingerprint density at radius 3 is 2.79 bits per heavy atom. The van der Waals surface area contributed by atoms with Crippen molar-refractivity contribution in [3.8, 4) is 5.75 Å². The number of aromatic carboxylic acids is 1. The molecule has 0 spiro atoms. The van der Waals surface area contributed by atoms with Gasteiger partial charge in [-0.05, 0) is 19.1 Å². The SMILES string of the molecule is CCOc1c(C(=O)O)ccc(N)c1Cl. The van der Waals surface area contributed by atoms with Gasteiger partial charge in [-0.25, -0.2) is 4.79 Å². The van der Waals surface area contributed by atoms with Crippen LogP contribution in [0.5, 0.6) is 5.75 Å². The molecular weight excluding hydrogens is 206 g/mol. The predicted molar refractivity (Wildman–Crippen MR) is 54.0 cm³/mol. The molecule has 0 saturated carbocycles. The summed E-state index contributed by atoms with van der Waals surface area (Å²) in [5.74, 6) is -0.961. The van der Waals surface area contributed by atoms with Crippen molar-refractivity contribution >= 4 is 23.3 Å². The maximum absolute atomic E-state index is 10.8. The first-order valence-electron chi connectivity index (χ1n) is 4.02. The molecule has 0 aliphatic heterocycles. The average molecular weight is 216 g/mol. The predicted octanol–water partition coefficient (Wildman–Crippen LogP) is 2.02. The molecule has 1 aromatic rings. The van der Waals surface area contributed by atoms with Gasteiger partial charge in [-0.1, -0.05) is 11.6 Å². The molecule has 0 bridgehead atoms. The van der Waals surface area contributed by atoms with E-state index >= 15 is 0 Å². The summed E-state index contributed by atoms with van der Waals surface area (Å²) < 4.78 is 5.12. The monoisotopic (exact) mass is 215 g/mol. The number of benzene rings is 1. The van der Waals surface area contributed by atoms with Crippen LogP contribution in [0.2, 0.25) is 5.02 Å². The summed E-state index contributed by atoms with van der Waals surface area (Å²) in [6, 6.07) is 2.81. The van der Waals surface area contributed by atoms with Crippen LogP contribution in [0.25, 0.3) is 0 Å². The van der Waals surface area contributed by atoms with Gasteiger partial charge in [-0.3, -0.25) is 0 Å². The Balaban J connectivity index is 3.29. The number of hydrogen-bond acceptors (Lipinski definition) is 3. The number of carboxylic acids is 1. The number of rotatable bonds is 3. The van der Waals surface area contributed by atoms with Crippen LogP contribution in [0.4, 0.5) is 5.69 Å². The van der Waals surface area contributed by atoms with Gasteiger partial charge in [0.15, 0.2) is 5.75 Å². The van der Waals surface area contributed by atoms with Gasteiger partial charge in [0, 0.05) is 0 Å². The van der Waals surface area contributed by atoms with Gasteiger partial charge >= 0.3 is 5.97 Å². The van der Waals surface area contributed by atoms with E-state index in [0.717, 1.165) is 0 Å². The van der Waals surface area contributed by atoms with Crippen LogP contribution in [0.15, 0.2) is 12.1 Å². The third-order valence-electron chi connectivity index (χ3n) is 1.65. The van der Waals surface area contributed by atoms with Crippen LogP contribution in [-0.2, 0) is 0 Å². The second-order valence-electron chi connectivity index (χ2n) is 2.58. The second-order valence-corrected chi connectivity index (χ2v) is 2.96. The molecular formula is C9H10ClNO3. The molecule has 0 amide bonds. The largest absolute Gasteiger partial charge is 0.491 e. The van der Waals surface area contributed by atoms with Gasteiger partial charge in [0.2, 0.25) is 0 Å². The van der Waals surface area contributed by atoms with Crippen LogP contribution in [0, 0.1) is 0 Å². The van der Waals surface area contributed by atoms with Crippen molar-refractivity contribution in [3.63, 3.8) is 0 Å². The fourth-order valence-electron chi connectivity index (χ4n) is 1.03. The second kappa shape index (κ2) is 4.19. The van der Waals surface area contributed by atoms with Gasteiger partial charge in [-0.15, -0.1) is 0 Å². The Morgan fingerprint density at radius 2 is 2.29 bits per heavy atom. The molecule has 0 aromatic heterocycles. The number of carboxylic acid groups (broad SMARTS) is 1. The summed E-state index contributed by atoms with van der Waals surface area (Å²) >= 11 is 5.81. The highest BCUT2D eigenvalue weighted by Crippen LogP contribution is 2.33. The molecule has 1 rings (SSSR count). The molecule has 4 nitrogen and oxygen atoms in total. The molecule has 0 saturated heterocycles. The Labute approximate surface area is 86.2 Å². The van der Waals surface area contributed by atoms with Crippen molar-refractivity contribution in [2.75, 3.05) is 12.3 Å². The number of anilines is 1. The van der Waals surface area contributed by atoms with Crippen molar-refractivity contribution in [2.24, 2.45) is 0 Å². The molecule has 0 radical (unpaired) electrons. The van der Waals surface area contributed by atoms with Crippen LogP contribution in [0.3, 0.4) is 0 Å².